The lowest BCUT2D eigenvalue weighted by molar-refractivity contribution is 0.160. The van der Waals surface area contributed by atoms with E-state index < -0.39 is 0 Å². The standard InChI is InChI=1S/C13H27N3OS/c1-16(2)13(7-4-5-8-13)11-15-12(18)14-9-6-10-17-3/h4-11H2,1-3H3,(H2,14,15,18). The van der Waals surface area contributed by atoms with Gasteiger partial charge in [-0.15, -0.1) is 0 Å². The number of hydrogen-bond donors (Lipinski definition) is 2. The van der Waals surface area contributed by atoms with Crippen LogP contribution in [0.1, 0.15) is 32.1 Å². The van der Waals surface area contributed by atoms with Gasteiger partial charge in [-0.1, -0.05) is 12.8 Å². The van der Waals surface area contributed by atoms with Crippen molar-refractivity contribution < 1.29 is 4.74 Å². The summed E-state index contributed by atoms with van der Waals surface area (Å²) in [5.74, 6) is 0. The highest BCUT2D eigenvalue weighted by molar-refractivity contribution is 7.80. The number of thiocarbonyl (C=S) groups is 1. The van der Waals surface area contributed by atoms with Gasteiger partial charge in [0.2, 0.25) is 0 Å². The number of nitrogens with zero attached hydrogens (tertiary/aromatic N) is 1. The highest BCUT2D eigenvalue weighted by atomic mass is 32.1. The first-order valence-electron chi connectivity index (χ1n) is 6.79. The second-order valence-electron chi connectivity index (χ2n) is 5.28. The van der Waals surface area contributed by atoms with Crippen LogP contribution in [-0.4, -0.2) is 56.5 Å². The zero-order valence-corrected chi connectivity index (χ0v) is 12.7. The fourth-order valence-corrected chi connectivity index (χ4v) is 2.72. The molecule has 4 nitrogen and oxygen atoms in total. The maximum atomic E-state index is 5.29. The first-order valence-corrected chi connectivity index (χ1v) is 7.20. The SMILES string of the molecule is COCCCNC(=S)NCC1(N(C)C)CCCC1. The minimum atomic E-state index is 0.290. The molecule has 0 amide bonds. The monoisotopic (exact) mass is 273 g/mol. The molecule has 0 bridgehead atoms. The van der Waals surface area contributed by atoms with Crippen molar-refractivity contribution in [1.29, 1.82) is 0 Å². The molecule has 0 unspecified atom stereocenters. The van der Waals surface area contributed by atoms with Gasteiger partial charge >= 0.3 is 0 Å². The summed E-state index contributed by atoms with van der Waals surface area (Å²) in [6.45, 7) is 2.59. The largest absolute Gasteiger partial charge is 0.385 e. The number of ether oxygens (including phenoxy) is 1. The van der Waals surface area contributed by atoms with Crippen molar-refractivity contribution in [1.82, 2.24) is 15.5 Å². The second kappa shape index (κ2) is 7.92. The highest BCUT2D eigenvalue weighted by Crippen LogP contribution is 2.32. The van der Waals surface area contributed by atoms with Crippen LogP contribution in [0.25, 0.3) is 0 Å². The van der Waals surface area contributed by atoms with E-state index in [1.807, 2.05) is 0 Å². The number of rotatable bonds is 7. The molecule has 1 aliphatic carbocycles. The van der Waals surface area contributed by atoms with Gasteiger partial charge in [0.1, 0.15) is 0 Å². The lowest BCUT2D eigenvalue weighted by Gasteiger charge is -2.36. The van der Waals surface area contributed by atoms with Crippen molar-refractivity contribution in [2.75, 3.05) is 40.9 Å². The van der Waals surface area contributed by atoms with E-state index in [1.165, 1.54) is 25.7 Å². The van der Waals surface area contributed by atoms with Crippen LogP contribution in [-0.2, 0) is 4.74 Å². The fraction of sp³-hybridized carbons (Fsp3) is 0.923. The molecule has 0 saturated heterocycles. The van der Waals surface area contributed by atoms with Gasteiger partial charge in [0.05, 0.1) is 0 Å². The number of likely N-dealkylation sites (N-methyl/N-ethyl adjacent to an activating group) is 1. The number of hydrogen-bond acceptors (Lipinski definition) is 3. The smallest absolute Gasteiger partial charge is 0.166 e. The van der Waals surface area contributed by atoms with Crippen LogP contribution in [0.5, 0.6) is 0 Å². The molecule has 5 heteroatoms. The van der Waals surface area contributed by atoms with E-state index in [0.717, 1.165) is 31.2 Å². The van der Waals surface area contributed by atoms with Crippen molar-refractivity contribution in [2.45, 2.75) is 37.6 Å². The number of nitrogens with one attached hydrogen (secondary N) is 2. The summed E-state index contributed by atoms with van der Waals surface area (Å²) in [4.78, 5) is 2.35. The molecule has 0 radical (unpaired) electrons. The quantitative estimate of drug-likeness (QED) is 0.541. The van der Waals surface area contributed by atoms with E-state index in [-0.39, 0.29) is 5.54 Å². The molecule has 1 aliphatic rings. The van der Waals surface area contributed by atoms with Crippen molar-refractivity contribution in [3.8, 4) is 0 Å². The third-order valence-electron chi connectivity index (χ3n) is 3.87. The lowest BCUT2D eigenvalue weighted by atomic mass is 9.96. The summed E-state index contributed by atoms with van der Waals surface area (Å²) in [7, 11) is 6.06. The first kappa shape index (κ1) is 15.7. The molecule has 0 aromatic rings. The summed E-state index contributed by atoms with van der Waals surface area (Å²) in [5, 5.41) is 7.34. The summed E-state index contributed by atoms with van der Waals surface area (Å²) < 4.78 is 5.00. The summed E-state index contributed by atoms with van der Waals surface area (Å²) in [6.07, 6.45) is 6.16. The Morgan fingerprint density at radius 2 is 1.94 bits per heavy atom. The molecule has 0 heterocycles. The van der Waals surface area contributed by atoms with Crippen molar-refractivity contribution >= 4 is 17.3 Å². The maximum absolute atomic E-state index is 5.29. The van der Waals surface area contributed by atoms with Gasteiger partial charge in [-0.3, -0.25) is 0 Å². The zero-order chi connectivity index (χ0) is 13.4. The van der Waals surface area contributed by atoms with Crippen LogP contribution in [0.2, 0.25) is 0 Å². The average Bonchev–Trinajstić information content (AvgIpc) is 2.82. The lowest BCUT2D eigenvalue weighted by Crippen LogP contribution is -2.52. The van der Waals surface area contributed by atoms with Crippen LogP contribution >= 0.6 is 12.2 Å². The normalized spacial score (nSPS) is 18.0. The molecule has 0 aliphatic heterocycles. The molecule has 18 heavy (non-hydrogen) atoms. The topological polar surface area (TPSA) is 36.5 Å². The van der Waals surface area contributed by atoms with E-state index in [0.29, 0.717) is 0 Å². The molecule has 0 spiro atoms. The Morgan fingerprint density at radius 3 is 2.50 bits per heavy atom. The Morgan fingerprint density at radius 1 is 1.28 bits per heavy atom. The Kier molecular flexibility index (Phi) is 6.89. The van der Waals surface area contributed by atoms with E-state index in [1.54, 1.807) is 7.11 Å². The van der Waals surface area contributed by atoms with E-state index in [2.05, 4.69) is 29.6 Å². The van der Waals surface area contributed by atoms with Gasteiger partial charge in [0, 0.05) is 32.3 Å². The van der Waals surface area contributed by atoms with E-state index in [4.69, 9.17) is 17.0 Å². The van der Waals surface area contributed by atoms with Crippen molar-refractivity contribution in [3.05, 3.63) is 0 Å². The van der Waals surface area contributed by atoms with E-state index in [9.17, 15) is 0 Å². The van der Waals surface area contributed by atoms with Crippen LogP contribution < -0.4 is 10.6 Å². The minimum absolute atomic E-state index is 0.290. The molecule has 1 saturated carbocycles. The molecule has 1 rings (SSSR count). The van der Waals surface area contributed by atoms with Crippen LogP contribution in [0.4, 0.5) is 0 Å². The summed E-state index contributed by atoms with van der Waals surface area (Å²) >= 11 is 5.29. The maximum Gasteiger partial charge on any atom is 0.166 e. The third kappa shape index (κ3) is 4.71. The van der Waals surface area contributed by atoms with Crippen LogP contribution in [0, 0.1) is 0 Å². The van der Waals surface area contributed by atoms with Crippen molar-refractivity contribution in [2.24, 2.45) is 0 Å². The third-order valence-corrected chi connectivity index (χ3v) is 4.16. The second-order valence-corrected chi connectivity index (χ2v) is 5.69. The molecule has 0 aromatic heterocycles. The van der Waals surface area contributed by atoms with Crippen LogP contribution in [0.3, 0.4) is 0 Å². The van der Waals surface area contributed by atoms with Gasteiger partial charge in [-0.25, -0.2) is 0 Å². The van der Waals surface area contributed by atoms with Crippen molar-refractivity contribution in [3.63, 3.8) is 0 Å². The Labute approximate surface area is 116 Å². The first-order chi connectivity index (χ1) is 8.60. The zero-order valence-electron chi connectivity index (χ0n) is 11.9. The highest BCUT2D eigenvalue weighted by Gasteiger charge is 2.35. The predicted octanol–water partition coefficient (Wildman–Crippen LogP) is 1.36. The Balaban J connectivity index is 2.23. The Hall–Kier alpha value is -0.390. The van der Waals surface area contributed by atoms with Gasteiger partial charge in [-0.05, 0) is 45.6 Å². The Bertz CT molecular complexity index is 253. The van der Waals surface area contributed by atoms with Crippen LogP contribution in [0.15, 0.2) is 0 Å². The number of methoxy groups -OCH3 is 1. The molecule has 106 valence electrons. The molecule has 1 fully saturated rings. The minimum Gasteiger partial charge on any atom is -0.385 e. The molecule has 0 atom stereocenters. The molecule has 0 aromatic carbocycles. The molecule has 2 N–H and O–H groups in total. The average molecular weight is 273 g/mol. The molecular formula is C13H27N3OS. The van der Waals surface area contributed by atoms with Gasteiger partial charge in [0.25, 0.3) is 0 Å². The van der Waals surface area contributed by atoms with Gasteiger partial charge < -0.3 is 20.3 Å². The predicted molar refractivity (Wildman–Crippen MR) is 80.0 cm³/mol. The van der Waals surface area contributed by atoms with E-state index >= 15 is 0 Å². The summed E-state index contributed by atoms with van der Waals surface area (Å²) in [5.41, 5.74) is 0.290. The summed E-state index contributed by atoms with van der Waals surface area (Å²) in [6, 6.07) is 0. The fourth-order valence-electron chi connectivity index (χ4n) is 2.54. The van der Waals surface area contributed by atoms with Gasteiger partial charge in [0.15, 0.2) is 5.11 Å². The molecular weight excluding hydrogens is 246 g/mol. The van der Waals surface area contributed by atoms with Gasteiger partial charge in [-0.2, -0.15) is 0 Å².